The third-order valence-electron chi connectivity index (χ3n) is 4.47. The van der Waals surface area contributed by atoms with Crippen LogP contribution in [0.1, 0.15) is 53.1 Å². The Morgan fingerprint density at radius 3 is 1.50 bits per heavy atom. The molecule has 0 amide bonds. The number of carbonyl (C=O) groups excluding carboxylic acids is 4. The number of pyridine rings is 4. The van der Waals surface area contributed by atoms with Crippen molar-refractivity contribution >= 4 is 23.5 Å². The van der Waals surface area contributed by atoms with Gasteiger partial charge in [0.25, 0.3) is 0 Å². The summed E-state index contributed by atoms with van der Waals surface area (Å²) in [6.45, 7) is 0. The Kier molecular flexibility index (Phi) is 10.3. The largest absolute Gasteiger partial charge is 1.00 e. The first-order valence-corrected chi connectivity index (χ1v) is 10.0. The van der Waals surface area contributed by atoms with Crippen LogP contribution in [0.3, 0.4) is 0 Å². The molecule has 4 heterocycles. The standard InChI is InChI=1S/C13H10N2O3.C12H8N2O3.Li/c1-18-13(17)11-9(5-4-8-15-11)12(16)10-6-2-3-7-14-10;15-11(9-5-1-2-6-13-9)8-4-3-7-14-10(8)12(16)17;/h2-8H,1H3;1-7H,(H,16,17);/q;;+1/p-1. The summed E-state index contributed by atoms with van der Waals surface area (Å²) in [6.07, 6.45) is 5.70. The zero-order chi connectivity index (χ0) is 25.2. The number of ketones is 2. The van der Waals surface area contributed by atoms with Gasteiger partial charge in [-0.3, -0.25) is 24.5 Å². The molecule has 11 heteroatoms. The van der Waals surface area contributed by atoms with Crippen LogP contribution in [0.2, 0.25) is 0 Å². The molecule has 0 bridgehead atoms. The summed E-state index contributed by atoms with van der Waals surface area (Å²) in [6, 6.07) is 15.8. The van der Waals surface area contributed by atoms with Crippen molar-refractivity contribution in [1.29, 1.82) is 0 Å². The molecule has 0 aliphatic heterocycles. The molecule has 174 valence electrons. The molecule has 0 aliphatic rings. The predicted molar refractivity (Wildman–Crippen MR) is 119 cm³/mol. The second-order valence-electron chi connectivity index (χ2n) is 6.67. The first kappa shape index (κ1) is 27.7. The Labute approximate surface area is 217 Å². The summed E-state index contributed by atoms with van der Waals surface area (Å²) in [5.74, 6) is -2.97. The molecular weight excluding hydrogens is 459 g/mol. The first-order valence-electron chi connectivity index (χ1n) is 10.0. The van der Waals surface area contributed by atoms with Crippen molar-refractivity contribution in [3.63, 3.8) is 0 Å². The predicted octanol–water partition coefficient (Wildman–Crippen LogP) is -1.43. The fraction of sp³-hybridized carbons (Fsp3) is 0.0400. The van der Waals surface area contributed by atoms with Gasteiger partial charge in [-0.25, -0.2) is 9.78 Å². The Hall–Kier alpha value is -4.52. The van der Waals surface area contributed by atoms with Gasteiger partial charge >= 0.3 is 24.8 Å². The maximum Gasteiger partial charge on any atom is 1.00 e. The number of esters is 1. The molecule has 0 radical (unpaired) electrons. The second kappa shape index (κ2) is 13.4. The molecule has 0 saturated carbocycles. The van der Waals surface area contributed by atoms with E-state index in [2.05, 4.69) is 24.7 Å². The van der Waals surface area contributed by atoms with Crippen LogP contribution in [0.4, 0.5) is 0 Å². The van der Waals surface area contributed by atoms with Gasteiger partial charge in [0.15, 0.2) is 5.69 Å². The van der Waals surface area contributed by atoms with Gasteiger partial charge in [-0.15, -0.1) is 0 Å². The van der Waals surface area contributed by atoms with E-state index in [-0.39, 0.29) is 58.5 Å². The average Bonchev–Trinajstić information content (AvgIpc) is 2.93. The zero-order valence-electron chi connectivity index (χ0n) is 19.3. The zero-order valence-corrected chi connectivity index (χ0v) is 19.3. The molecule has 0 aliphatic carbocycles. The number of nitrogens with zero attached hydrogens (tertiary/aromatic N) is 4. The Balaban J connectivity index is 0.000000247. The maximum absolute atomic E-state index is 12.2. The molecule has 0 aromatic carbocycles. The molecule has 4 aromatic heterocycles. The molecular formula is C25H17LiN4O6. The number of ether oxygens (including phenoxy) is 1. The summed E-state index contributed by atoms with van der Waals surface area (Å²) in [4.78, 5) is 61.8. The fourth-order valence-corrected chi connectivity index (χ4v) is 2.87. The number of aromatic nitrogens is 4. The van der Waals surface area contributed by atoms with Gasteiger partial charge in [0.2, 0.25) is 11.6 Å². The molecule has 4 rings (SSSR count). The number of methoxy groups -OCH3 is 1. The van der Waals surface area contributed by atoms with E-state index in [9.17, 15) is 24.3 Å². The quantitative estimate of drug-likeness (QED) is 0.184. The fourth-order valence-electron chi connectivity index (χ4n) is 2.87. The second-order valence-corrected chi connectivity index (χ2v) is 6.67. The van der Waals surface area contributed by atoms with Crippen molar-refractivity contribution in [1.82, 2.24) is 19.9 Å². The smallest absolute Gasteiger partial charge is 0.543 e. The van der Waals surface area contributed by atoms with Gasteiger partial charge in [-0.05, 0) is 48.5 Å². The molecule has 36 heavy (non-hydrogen) atoms. The topological polar surface area (TPSA) is 152 Å². The van der Waals surface area contributed by atoms with Crippen molar-refractivity contribution < 1.29 is 47.9 Å². The van der Waals surface area contributed by atoms with Crippen molar-refractivity contribution in [2.24, 2.45) is 0 Å². The summed E-state index contributed by atoms with van der Waals surface area (Å²) in [7, 11) is 1.24. The SMILES string of the molecule is COC(=O)c1ncccc1C(=O)c1ccccn1.O=C(c1ccccn1)c1cccnc1C(=O)[O-].[Li+]. The van der Waals surface area contributed by atoms with E-state index in [1.807, 2.05) is 0 Å². The minimum Gasteiger partial charge on any atom is -0.543 e. The molecule has 0 atom stereocenters. The molecule has 10 nitrogen and oxygen atoms in total. The molecule has 0 spiro atoms. The van der Waals surface area contributed by atoms with Crippen LogP contribution in [0.5, 0.6) is 0 Å². The van der Waals surface area contributed by atoms with E-state index in [1.165, 1.54) is 56.2 Å². The summed E-state index contributed by atoms with van der Waals surface area (Å²) in [5, 5.41) is 10.8. The summed E-state index contributed by atoms with van der Waals surface area (Å²) < 4.78 is 4.59. The van der Waals surface area contributed by atoms with Gasteiger partial charge in [0.1, 0.15) is 11.4 Å². The number of carboxylic acid groups (broad SMARTS) is 1. The molecule has 4 aromatic rings. The molecule has 0 fully saturated rings. The normalized spacial score (nSPS) is 9.58. The van der Waals surface area contributed by atoms with Crippen LogP contribution in [0.15, 0.2) is 85.5 Å². The van der Waals surface area contributed by atoms with E-state index in [0.717, 1.165) is 0 Å². The minimum atomic E-state index is -1.48. The van der Waals surface area contributed by atoms with Crippen molar-refractivity contribution in [2.45, 2.75) is 0 Å². The van der Waals surface area contributed by atoms with E-state index < -0.39 is 17.7 Å². The maximum atomic E-state index is 12.2. The molecule has 0 N–H and O–H groups in total. The van der Waals surface area contributed by atoms with E-state index in [0.29, 0.717) is 0 Å². The van der Waals surface area contributed by atoms with Crippen LogP contribution in [0, 0.1) is 0 Å². The van der Waals surface area contributed by atoms with E-state index in [1.54, 1.807) is 36.4 Å². The third kappa shape index (κ3) is 6.76. The van der Waals surface area contributed by atoms with Crippen molar-refractivity contribution in [3.8, 4) is 0 Å². The molecule has 0 saturated heterocycles. The summed E-state index contributed by atoms with van der Waals surface area (Å²) in [5.41, 5.74) is 0.215. The Morgan fingerprint density at radius 2 is 1.08 bits per heavy atom. The summed E-state index contributed by atoms with van der Waals surface area (Å²) >= 11 is 0. The third-order valence-corrected chi connectivity index (χ3v) is 4.47. The first-order chi connectivity index (χ1) is 16.9. The van der Waals surface area contributed by atoms with Crippen LogP contribution < -0.4 is 24.0 Å². The Bertz CT molecular complexity index is 1370. The van der Waals surface area contributed by atoms with Crippen LogP contribution in [-0.4, -0.2) is 50.6 Å². The van der Waals surface area contributed by atoms with Crippen molar-refractivity contribution in [3.05, 3.63) is 119 Å². The van der Waals surface area contributed by atoms with Gasteiger partial charge < -0.3 is 14.6 Å². The van der Waals surface area contributed by atoms with Crippen LogP contribution >= 0.6 is 0 Å². The minimum absolute atomic E-state index is 0. The Morgan fingerprint density at radius 1 is 0.639 bits per heavy atom. The number of aromatic carboxylic acids is 1. The van der Waals surface area contributed by atoms with E-state index >= 15 is 0 Å². The number of carbonyl (C=O) groups is 4. The van der Waals surface area contributed by atoms with Crippen LogP contribution in [-0.2, 0) is 4.74 Å². The van der Waals surface area contributed by atoms with Gasteiger partial charge in [0.05, 0.1) is 29.9 Å². The van der Waals surface area contributed by atoms with Gasteiger partial charge in [-0.2, -0.15) is 0 Å². The monoisotopic (exact) mass is 476 g/mol. The van der Waals surface area contributed by atoms with Crippen molar-refractivity contribution in [2.75, 3.05) is 7.11 Å². The van der Waals surface area contributed by atoms with Crippen LogP contribution in [0.25, 0.3) is 0 Å². The number of hydrogen-bond donors (Lipinski definition) is 0. The number of carboxylic acids is 1. The van der Waals surface area contributed by atoms with Gasteiger partial charge in [-0.1, -0.05) is 12.1 Å². The van der Waals surface area contributed by atoms with Gasteiger partial charge in [0, 0.05) is 24.8 Å². The number of rotatable bonds is 6. The molecule has 0 unspecified atom stereocenters. The average molecular weight is 476 g/mol. The van der Waals surface area contributed by atoms with E-state index in [4.69, 9.17) is 0 Å². The number of hydrogen-bond acceptors (Lipinski definition) is 10.